The van der Waals surface area contributed by atoms with Crippen LogP contribution in [0.3, 0.4) is 0 Å². The Hall–Kier alpha value is -4.71. The van der Waals surface area contributed by atoms with E-state index in [1.165, 1.54) is 13.3 Å². The van der Waals surface area contributed by atoms with Crippen molar-refractivity contribution in [2.24, 2.45) is 10.2 Å². The number of rotatable bonds is 5. The molecule has 0 aliphatic heterocycles. The van der Waals surface area contributed by atoms with Gasteiger partial charge in [0.25, 0.3) is 5.91 Å². The molecule has 1 aromatic heterocycles. The van der Waals surface area contributed by atoms with Crippen LogP contribution in [0.1, 0.15) is 15.9 Å². The number of anilines is 1. The molecule has 0 fully saturated rings. The van der Waals surface area contributed by atoms with Crippen molar-refractivity contribution in [3.63, 3.8) is 0 Å². The van der Waals surface area contributed by atoms with Crippen LogP contribution in [0.25, 0.3) is 10.8 Å². The number of nitriles is 1. The van der Waals surface area contributed by atoms with Gasteiger partial charge in [0.2, 0.25) is 0 Å². The van der Waals surface area contributed by atoms with Crippen molar-refractivity contribution >= 4 is 33.9 Å². The van der Waals surface area contributed by atoms with Crippen molar-refractivity contribution < 1.29 is 14.6 Å². The number of aromatic hydroxyl groups is 1. The number of phenols is 1. The Morgan fingerprint density at radius 3 is 2.74 bits per heavy atom. The number of amides is 1. The van der Waals surface area contributed by atoms with Crippen LogP contribution in [0.4, 0.5) is 17.2 Å². The van der Waals surface area contributed by atoms with E-state index in [2.05, 4.69) is 25.7 Å². The minimum absolute atomic E-state index is 0.0173. The molecule has 0 saturated carbocycles. The number of aromatic amines is 1. The topological polar surface area (TPSA) is 136 Å². The van der Waals surface area contributed by atoms with Gasteiger partial charge in [-0.1, -0.05) is 18.2 Å². The Morgan fingerprint density at radius 1 is 1.19 bits per heavy atom. The second-order valence-corrected chi connectivity index (χ2v) is 6.47. The summed E-state index contributed by atoms with van der Waals surface area (Å²) in [5.74, 6) is -0.129. The highest BCUT2D eigenvalue weighted by atomic mass is 16.5. The van der Waals surface area contributed by atoms with Crippen LogP contribution >= 0.6 is 0 Å². The van der Waals surface area contributed by atoms with Gasteiger partial charge in [-0.05, 0) is 41.8 Å². The molecule has 0 aliphatic rings. The maximum absolute atomic E-state index is 12.9. The molecule has 0 spiro atoms. The van der Waals surface area contributed by atoms with Gasteiger partial charge in [0, 0.05) is 11.1 Å². The maximum Gasteiger partial charge on any atom is 0.259 e. The Labute approximate surface area is 176 Å². The summed E-state index contributed by atoms with van der Waals surface area (Å²) in [6.45, 7) is 0. The molecule has 0 bridgehead atoms. The molecule has 9 heteroatoms. The third-order valence-corrected chi connectivity index (χ3v) is 4.56. The highest BCUT2D eigenvalue weighted by Gasteiger charge is 2.19. The molecule has 0 radical (unpaired) electrons. The van der Waals surface area contributed by atoms with E-state index in [-0.39, 0.29) is 28.4 Å². The number of nitrogens with one attached hydrogen (secondary N) is 2. The summed E-state index contributed by atoms with van der Waals surface area (Å²) in [7, 11) is 1.53. The zero-order valence-corrected chi connectivity index (χ0v) is 16.3. The van der Waals surface area contributed by atoms with Crippen molar-refractivity contribution in [3.8, 4) is 17.6 Å². The van der Waals surface area contributed by atoms with Gasteiger partial charge in [0.1, 0.15) is 23.1 Å². The van der Waals surface area contributed by atoms with Crippen LogP contribution in [-0.4, -0.2) is 28.3 Å². The minimum atomic E-state index is -0.510. The van der Waals surface area contributed by atoms with Crippen molar-refractivity contribution in [1.29, 1.82) is 5.26 Å². The number of carbonyl (C=O) groups excluding carboxylic acids is 1. The molecule has 0 unspecified atom stereocenters. The van der Waals surface area contributed by atoms with Gasteiger partial charge in [0.15, 0.2) is 11.6 Å². The molecule has 1 heterocycles. The number of phenolic OH excluding ortho intramolecular Hbond substituents is 1. The lowest BCUT2D eigenvalue weighted by atomic mass is 10.0. The first kappa shape index (κ1) is 19.6. The van der Waals surface area contributed by atoms with Crippen LogP contribution in [-0.2, 0) is 0 Å². The SMILES string of the molecule is COc1ccc2c(/N=N/c3[nH]ncc3C#N)c(O)c(C(=O)Nc3ccccc3)cc2c1. The lowest BCUT2D eigenvalue weighted by Gasteiger charge is -2.12. The Morgan fingerprint density at radius 2 is 2.00 bits per heavy atom. The zero-order valence-electron chi connectivity index (χ0n) is 16.3. The van der Waals surface area contributed by atoms with Gasteiger partial charge in [-0.15, -0.1) is 10.2 Å². The van der Waals surface area contributed by atoms with E-state index in [9.17, 15) is 9.90 Å². The number of methoxy groups -OCH3 is 1. The van der Waals surface area contributed by atoms with Crippen molar-refractivity contribution in [2.75, 3.05) is 12.4 Å². The molecule has 1 amide bonds. The molecule has 0 atom stereocenters. The molecule has 31 heavy (non-hydrogen) atoms. The number of H-pyrrole nitrogens is 1. The second kappa shape index (κ2) is 8.34. The summed E-state index contributed by atoms with van der Waals surface area (Å²) in [5.41, 5.74) is 0.879. The number of nitrogens with zero attached hydrogens (tertiary/aromatic N) is 4. The predicted octanol–water partition coefficient (Wildman–Crippen LogP) is 4.82. The van der Waals surface area contributed by atoms with E-state index in [0.29, 0.717) is 22.2 Å². The Balaban J connectivity index is 1.84. The van der Waals surface area contributed by atoms with E-state index in [4.69, 9.17) is 10.00 Å². The second-order valence-electron chi connectivity index (χ2n) is 6.47. The summed E-state index contributed by atoms with van der Waals surface area (Å²) in [4.78, 5) is 12.9. The number of carbonyl (C=O) groups is 1. The van der Waals surface area contributed by atoms with Gasteiger partial charge in [-0.2, -0.15) is 10.4 Å². The van der Waals surface area contributed by atoms with E-state index >= 15 is 0 Å². The first-order valence-electron chi connectivity index (χ1n) is 9.16. The molecular formula is C22H16N6O3. The monoisotopic (exact) mass is 412 g/mol. The molecule has 0 aliphatic carbocycles. The van der Waals surface area contributed by atoms with Crippen molar-refractivity contribution in [2.45, 2.75) is 0 Å². The first-order chi connectivity index (χ1) is 15.1. The minimum Gasteiger partial charge on any atom is -0.505 e. The van der Waals surface area contributed by atoms with E-state index < -0.39 is 5.91 Å². The average molecular weight is 412 g/mol. The number of ether oxygens (including phenoxy) is 1. The van der Waals surface area contributed by atoms with Crippen molar-refractivity contribution in [3.05, 3.63) is 71.9 Å². The molecule has 3 N–H and O–H groups in total. The van der Waals surface area contributed by atoms with Crippen LogP contribution in [0.2, 0.25) is 0 Å². The fraction of sp³-hybridized carbons (Fsp3) is 0.0455. The van der Waals surface area contributed by atoms with Gasteiger partial charge in [0.05, 0.1) is 18.9 Å². The molecule has 0 saturated heterocycles. The number of hydrogen-bond acceptors (Lipinski definition) is 7. The standard InChI is InChI=1S/C22H16N6O3/c1-31-16-7-8-17-13(9-16)10-18(22(30)25-15-5-3-2-4-6-15)20(29)19(17)26-28-21-14(11-23)12-24-27-21/h2-10,12,29H,1H3,(H,24,27)(H,25,30)/b28-26+. The summed E-state index contributed by atoms with van der Waals surface area (Å²) < 4.78 is 5.27. The first-order valence-corrected chi connectivity index (χ1v) is 9.16. The molecule has 4 aromatic rings. The average Bonchev–Trinajstić information content (AvgIpc) is 3.26. The summed E-state index contributed by atoms with van der Waals surface area (Å²) in [6.07, 6.45) is 1.32. The fourth-order valence-corrected chi connectivity index (χ4v) is 3.01. The largest absolute Gasteiger partial charge is 0.505 e. The third-order valence-electron chi connectivity index (χ3n) is 4.56. The smallest absolute Gasteiger partial charge is 0.259 e. The number of benzene rings is 3. The van der Waals surface area contributed by atoms with Crippen LogP contribution < -0.4 is 10.1 Å². The van der Waals surface area contributed by atoms with Crippen LogP contribution in [0.15, 0.2) is 71.0 Å². The number of para-hydroxylation sites is 1. The lowest BCUT2D eigenvalue weighted by Crippen LogP contribution is -2.12. The highest BCUT2D eigenvalue weighted by molar-refractivity contribution is 6.11. The summed E-state index contributed by atoms with van der Waals surface area (Å²) >= 11 is 0. The summed E-state index contributed by atoms with van der Waals surface area (Å²) in [5, 5.41) is 38.4. The third kappa shape index (κ3) is 3.90. The molecule has 4 rings (SSSR count). The number of aromatic nitrogens is 2. The number of azo groups is 1. The number of fused-ring (bicyclic) bond motifs is 1. The van der Waals surface area contributed by atoms with Gasteiger partial charge < -0.3 is 15.2 Å². The van der Waals surface area contributed by atoms with Gasteiger partial charge in [-0.25, -0.2) is 0 Å². The maximum atomic E-state index is 12.9. The van der Waals surface area contributed by atoms with Crippen molar-refractivity contribution in [1.82, 2.24) is 10.2 Å². The van der Waals surface area contributed by atoms with Gasteiger partial charge >= 0.3 is 0 Å². The van der Waals surface area contributed by atoms with E-state index in [0.717, 1.165) is 0 Å². The quantitative estimate of drug-likeness (QED) is 0.404. The van der Waals surface area contributed by atoms with Crippen LogP contribution in [0.5, 0.6) is 11.5 Å². The normalized spacial score (nSPS) is 10.8. The highest BCUT2D eigenvalue weighted by Crippen LogP contribution is 2.40. The zero-order chi connectivity index (χ0) is 21.8. The lowest BCUT2D eigenvalue weighted by molar-refractivity contribution is 0.102. The predicted molar refractivity (Wildman–Crippen MR) is 114 cm³/mol. The summed E-state index contributed by atoms with van der Waals surface area (Å²) in [6, 6.07) is 17.5. The van der Waals surface area contributed by atoms with Crippen LogP contribution in [0, 0.1) is 11.3 Å². The van der Waals surface area contributed by atoms with E-state index in [1.54, 1.807) is 48.5 Å². The van der Waals surface area contributed by atoms with Gasteiger partial charge in [-0.3, -0.25) is 9.89 Å². The number of hydrogen-bond donors (Lipinski definition) is 3. The fourth-order valence-electron chi connectivity index (χ4n) is 3.01. The Kier molecular flexibility index (Phi) is 5.27. The Bertz CT molecular complexity index is 1340. The molecule has 9 nitrogen and oxygen atoms in total. The molecule has 3 aromatic carbocycles. The molecular weight excluding hydrogens is 396 g/mol. The molecule has 152 valence electrons. The van der Waals surface area contributed by atoms with E-state index in [1.807, 2.05) is 12.1 Å².